The van der Waals surface area contributed by atoms with Crippen LogP contribution in [0.1, 0.15) is 31.7 Å². The molecule has 2 aliphatic heterocycles. The van der Waals surface area contributed by atoms with E-state index in [4.69, 9.17) is 4.42 Å². The van der Waals surface area contributed by atoms with Gasteiger partial charge in [-0.1, -0.05) is 6.07 Å². The van der Waals surface area contributed by atoms with Gasteiger partial charge in [0.15, 0.2) is 0 Å². The van der Waals surface area contributed by atoms with Crippen molar-refractivity contribution in [2.75, 3.05) is 26.2 Å². The Morgan fingerprint density at radius 2 is 2.33 bits per heavy atom. The summed E-state index contributed by atoms with van der Waals surface area (Å²) in [5, 5.41) is 13.3. The lowest BCUT2D eigenvalue weighted by Gasteiger charge is -2.38. The highest BCUT2D eigenvalue weighted by Gasteiger charge is 2.34. The van der Waals surface area contributed by atoms with Crippen molar-refractivity contribution in [1.29, 1.82) is 0 Å². The molecule has 0 spiro atoms. The van der Waals surface area contributed by atoms with Crippen molar-refractivity contribution in [2.24, 2.45) is 0 Å². The van der Waals surface area contributed by atoms with Crippen LogP contribution in [0.5, 0.6) is 0 Å². The molecule has 2 aromatic heterocycles. The number of nitrogens with one attached hydrogen (secondary N) is 1. The molecule has 8 heteroatoms. The van der Waals surface area contributed by atoms with Gasteiger partial charge in [-0.25, -0.2) is 4.79 Å². The lowest BCUT2D eigenvalue weighted by Crippen LogP contribution is -2.49. The lowest BCUT2D eigenvalue weighted by atomic mass is 10.0. The maximum absolute atomic E-state index is 11.9. The Labute approximate surface area is 144 Å². The van der Waals surface area contributed by atoms with Gasteiger partial charge in [-0.3, -0.25) is 4.90 Å². The van der Waals surface area contributed by atoms with Crippen LogP contribution in [0.4, 0.5) is 4.79 Å². The summed E-state index contributed by atoms with van der Waals surface area (Å²) >= 11 is 1.59. The second kappa shape index (κ2) is 6.52. The predicted molar refractivity (Wildman–Crippen MR) is 90.7 cm³/mol. The van der Waals surface area contributed by atoms with Crippen molar-refractivity contribution in [3.8, 4) is 10.8 Å². The van der Waals surface area contributed by atoms with E-state index in [1.54, 1.807) is 11.3 Å². The van der Waals surface area contributed by atoms with E-state index >= 15 is 0 Å². The number of amides is 2. The number of urea groups is 1. The first kappa shape index (κ1) is 15.6. The molecular weight excluding hydrogens is 326 g/mol. The number of carbonyl (C=O) groups is 1. The minimum atomic E-state index is 0.0553. The first-order chi connectivity index (χ1) is 11.7. The molecule has 2 aliphatic rings. The molecule has 128 valence electrons. The summed E-state index contributed by atoms with van der Waals surface area (Å²) in [6.45, 7) is 5.49. The van der Waals surface area contributed by atoms with Crippen LogP contribution in [0, 0.1) is 0 Å². The third kappa shape index (κ3) is 2.91. The molecule has 4 rings (SSSR count). The fraction of sp³-hybridized carbons (Fsp3) is 0.562. The SMILES string of the molecule is CC(c1nnc(-c2cccs2)o1)N1CCCC(N2CCNC2=O)C1. The van der Waals surface area contributed by atoms with Gasteiger partial charge in [-0.05, 0) is 37.8 Å². The van der Waals surface area contributed by atoms with E-state index in [0.29, 0.717) is 11.8 Å². The highest BCUT2D eigenvalue weighted by molar-refractivity contribution is 7.13. The van der Waals surface area contributed by atoms with Crippen LogP contribution in [-0.4, -0.2) is 58.2 Å². The molecule has 2 fully saturated rings. The number of likely N-dealkylation sites (tertiary alicyclic amines) is 1. The molecule has 2 amide bonds. The van der Waals surface area contributed by atoms with Gasteiger partial charge in [0.05, 0.1) is 10.9 Å². The van der Waals surface area contributed by atoms with Crippen LogP contribution in [-0.2, 0) is 0 Å². The Kier molecular flexibility index (Phi) is 4.24. The van der Waals surface area contributed by atoms with Crippen LogP contribution in [0.25, 0.3) is 10.8 Å². The van der Waals surface area contributed by atoms with Crippen molar-refractivity contribution in [2.45, 2.75) is 31.8 Å². The summed E-state index contributed by atoms with van der Waals surface area (Å²) in [6, 6.07) is 4.34. The Bertz CT molecular complexity index is 701. The zero-order valence-corrected chi connectivity index (χ0v) is 14.5. The second-order valence-electron chi connectivity index (χ2n) is 6.32. The first-order valence-electron chi connectivity index (χ1n) is 8.38. The number of nitrogens with zero attached hydrogens (tertiary/aromatic N) is 4. The maximum Gasteiger partial charge on any atom is 0.317 e. The summed E-state index contributed by atoms with van der Waals surface area (Å²) in [4.78, 5) is 17.2. The summed E-state index contributed by atoms with van der Waals surface area (Å²) < 4.78 is 5.88. The molecule has 0 radical (unpaired) electrons. The normalized spacial score (nSPS) is 23.5. The minimum absolute atomic E-state index is 0.0553. The number of hydrogen-bond acceptors (Lipinski definition) is 6. The number of piperidine rings is 1. The molecule has 0 saturated carbocycles. The molecular formula is C16H21N5O2S. The van der Waals surface area contributed by atoms with Gasteiger partial charge in [-0.15, -0.1) is 21.5 Å². The maximum atomic E-state index is 11.9. The molecule has 2 saturated heterocycles. The van der Waals surface area contributed by atoms with Crippen molar-refractivity contribution < 1.29 is 9.21 Å². The van der Waals surface area contributed by atoms with E-state index in [9.17, 15) is 4.79 Å². The van der Waals surface area contributed by atoms with Crippen molar-refractivity contribution in [3.63, 3.8) is 0 Å². The van der Waals surface area contributed by atoms with Gasteiger partial charge < -0.3 is 14.6 Å². The van der Waals surface area contributed by atoms with Gasteiger partial charge >= 0.3 is 6.03 Å². The van der Waals surface area contributed by atoms with E-state index in [0.717, 1.165) is 43.9 Å². The van der Waals surface area contributed by atoms with Crippen LogP contribution >= 0.6 is 11.3 Å². The highest BCUT2D eigenvalue weighted by atomic mass is 32.1. The van der Waals surface area contributed by atoms with Crippen LogP contribution in [0.2, 0.25) is 0 Å². The molecule has 2 atom stereocenters. The molecule has 4 heterocycles. The van der Waals surface area contributed by atoms with Gasteiger partial charge in [0, 0.05) is 25.7 Å². The molecule has 24 heavy (non-hydrogen) atoms. The molecule has 0 aromatic carbocycles. The van der Waals surface area contributed by atoms with E-state index in [-0.39, 0.29) is 18.1 Å². The Hall–Kier alpha value is -1.93. The zero-order chi connectivity index (χ0) is 16.5. The van der Waals surface area contributed by atoms with Crippen molar-refractivity contribution >= 4 is 17.4 Å². The zero-order valence-electron chi connectivity index (χ0n) is 13.6. The number of aromatic nitrogens is 2. The number of thiophene rings is 1. The first-order valence-corrected chi connectivity index (χ1v) is 9.26. The quantitative estimate of drug-likeness (QED) is 0.919. The fourth-order valence-corrected chi connectivity index (χ4v) is 4.13. The van der Waals surface area contributed by atoms with Gasteiger partial charge in [0.2, 0.25) is 5.89 Å². The van der Waals surface area contributed by atoms with Crippen LogP contribution < -0.4 is 5.32 Å². The summed E-state index contributed by atoms with van der Waals surface area (Å²) in [7, 11) is 0. The van der Waals surface area contributed by atoms with Crippen LogP contribution in [0.3, 0.4) is 0 Å². The Morgan fingerprint density at radius 3 is 3.08 bits per heavy atom. The molecule has 0 aliphatic carbocycles. The standard InChI is InChI=1S/C16H21N5O2S/c1-11(14-18-19-15(23-14)13-5-3-9-24-13)20-7-2-4-12(10-20)21-8-6-17-16(21)22/h3,5,9,11-12H,2,4,6-8,10H2,1H3,(H,17,22). The Morgan fingerprint density at radius 1 is 1.42 bits per heavy atom. The predicted octanol–water partition coefficient (Wildman–Crippen LogP) is 2.35. The van der Waals surface area contributed by atoms with E-state index in [1.165, 1.54) is 0 Å². The second-order valence-corrected chi connectivity index (χ2v) is 7.26. The van der Waals surface area contributed by atoms with E-state index in [2.05, 4.69) is 27.3 Å². The van der Waals surface area contributed by atoms with Gasteiger partial charge in [-0.2, -0.15) is 0 Å². The molecule has 2 aromatic rings. The molecule has 7 nitrogen and oxygen atoms in total. The highest BCUT2D eigenvalue weighted by Crippen LogP contribution is 2.29. The fourth-order valence-electron chi connectivity index (χ4n) is 3.48. The lowest BCUT2D eigenvalue weighted by molar-refractivity contribution is 0.0904. The third-order valence-electron chi connectivity index (χ3n) is 4.84. The topological polar surface area (TPSA) is 74.5 Å². The Balaban J connectivity index is 1.46. The van der Waals surface area contributed by atoms with Crippen molar-refractivity contribution in [1.82, 2.24) is 25.3 Å². The number of carbonyl (C=O) groups excluding carboxylic acids is 1. The summed E-state index contributed by atoms with van der Waals surface area (Å²) in [5.41, 5.74) is 0. The smallest absolute Gasteiger partial charge is 0.317 e. The number of rotatable bonds is 4. The van der Waals surface area contributed by atoms with E-state index in [1.807, 2.05) is 22.4 Å². The van der Waals surface area contributed by atoms with E-state index < -0.39 is 0 Å². The third-order valence-corrected chi connectivity index (χ3v) is 5.69. The van der Waals surface area contributed by atoms with Crippen molar-refractivity contribution in [3.05, 3.63) is 23.4 Å². The monoisotopic (exact) mass is 347 g/mol. The molecule has 0 bridgehead atoms. The average Bonchev–Trinajstić information content (AvgIpc) is 3.35. The molecule has 2 unspecified atom stereocenters. The van der Waals surface area contributed by atoms with Crippen LogP contribution in [0.15, 0.2) is 21.9 Å². The van der Waals surface area contributed by atoms with Gasteiger partial charge in [0.1, 0.15) is 0 Å². The van der Waals surface area contributed by atoms with Gasteiger partial charge in [0.25, 0.3) is 5.89 Å². The summed E-state index contributed by atoms with van der Waals surface area (Å²) in [5.74, 6) is 1.23. The minimum Gasteiger partial charge on any atom is -0.418 e. The average molecular weight is 347 g/mol. The summed E-state index contributed by atoms with van der Waals surface area (Å²) in [6.07, 6.45) is 2.13. The number of hydrogen-bond donors (Lipinski definition) is 1. The largest absolute Gasteiger partial charge is 0.418 e. The molecule has 1 N–H and O–H groups in total.